The average molecular weight is 467 g/mol. The van der Waals surface area contributed by atoms with Gasteiger partial charge in [-0.1, -0.05) is 39.5 Å². The maximum absolute atomic E-state index is 5.47. The molecule has 0 aliphatic heterocycles. The normalized spacial score (nSPS) is 11.4. The zero-order valence-electron chi connectivity index (χ0n) is 20.8. The molecule has 0 N–H and O–H groups in total. The third-order valence-electron chi connectivity index (χ3n) is 4.39. The van der Waals surface area contributed by atoms with Crippen molar-refractivity contribution in [1.29, 1.82) is 0 Å². The summed E-state index contributed by atoms with van der Waals surface area (Å²) >= 11 is 0. The van der Waals surface area contributed by atoms with Crippen molar-refractivity contribution in [3.8, 4) is 0 Å². The Balaban J connectivity index is 2.98. The predicted octanol–water partition coefficient (Wildman–Crippen LogP) is 3.50. The monoisotopic (exact) mass is 466 g/mol. The van der Waals surface area contributed by atoms with E-state index in [2.05, 4.69) is 13.8 Å². The molecule has 0 spiro atoms. The molecule has 0 unspecified atom stereocenters. The van der Waals surface area contributed by atoms with E-state index in [9.17, 15) is 0 Å². The molecule has 194 valence electrons. The second kappa shape index (κ2) is 30.7. The van der Waals surface area contributed by atoms with Gasteiger partial charge in [-0.2, -0.15) is 0 Å². The Bertz CT molecular complexity index is 290. The van der Waals surface area contributed by atoms with Gasteiger partial charge in [0.05, 0.1) is 92.5 Å². The highest BCUT2D eigenvalue weighted by Gasteiger charge is 1.95. The van der Waals surface area contributed by atoms with Gasteiger partial charge in [0, 0.05) is 13.2 Å². The summed E-state index contributed by atoms with van der Waals surface area (Å²) in [5.74, 6) is 0. The van der Waals surface area contributed by atoms with E-state index in [1.807, 2.05) is 0 Å². The van der Waals surface area contributed by atoms with Crippen molar-refractivity contribution in [3.05, 3.63) is 0 Å². The molecule has 0 saturated heterocycles. The first kappa shape index (κ1) is 31.7. The lowest BCUT2D eigenvalue weighted by Crippen LogP contribution is -2.15. The van der Waals surface area contributed by atoms with Crippen LogP contribution in [0.5, 0.6) is 0 Å². The molecule has 0 aliphatic carbocycles. The molecule has 8 nitrogen and oxygen atoms in total. The summed E-state index contributed by atoms with van der Waals surface area (Å²) in [6.45, 7) is 14.2. The van der Waals surface area contributed by atoms with Crippen LogP contribution in [0.25, 0.3) is 0 Å². The van der Waals surface area contributed by atoms with Crippen molar-refractivity contribution in [2.75, 3.05) is 106 Å². The van der Waals surface area contributed by atoms with Crippen LogP contribution in [0.15, 0.2) is 0 Å². The molecule has 0 rings (SSSR count). The van der Waals surface area contributed by atoms with Crippen LogP contribution in [-0.2, 0) is 37.9 Å². The van der Waals surface area contributed by atoms with Crippen molar-refractivity contribution in [3.63, 3.8) is 0 Å². The number of hydrogen-bond acceptors (Lipinski definition) is 8. The molecular formula is C24H50O8. The largest absolute Gasteiger partial charge is 0.379 e. The molecule has 32 heavy (non-hydrogen) atoms. The summed E-state index contributed by atoms with van der Waals surface area (Å²) in [5, 5.41) is 0. The Labute approximate surface area is 196 Å². The predicted molar refractivity (Wildman–Crippen MR) is 126 cm³/mol. The summed E-state index contributed by atoms with van der Waals surface area (Å²) < 4.78 is 43.6. The van der Waals surface area contributed by atoms with Crippen LogP contribution < -0.4 is 0 Å². The first-order valence-corrected chi connectivity index (χ1v) is 12.5. The lowest BCUT2D eigenvalue weighted by atomic mass is 10.3. The number of rotatable bonds is 29. The zero-order valence-corrected chi connectivity index (χ0v) is 20.8. The van der Waals surface area contributed by atoms with Gasteiger partial charge < -0.3 is 37.9 Å². The topological polar surface area (TPSA) is 73.8 Å². The molecule has 0 aromatic rings. The quantitative estimate of drug-likeness (QED) is 0.155. The van der Waals surface area contributed by atoms with E-state index in [4.69, 9.17) is 37.9 Å². The van der Waals surface area contributed by atoms with Crippen molar-refractivity contribution < 1.29 is 37.9 Å². The van der Waals surface area contributed by atoms with Crippen LogP contribution in [0.1, 0.15) is 52.4 Å². The molecule has 0 amide bonds. The van der Waals surface area contributed by atoms with Crippen LogP contribution in [0.3, 0.4) is 0 Å². The highest BCUT2D eigenvalue weighted by atomic mass is 16.6. The van der Waals surface area contributed by atoms with Gasteiger partial charge >= 0.3 is 0 Å². The number of ether oxygens (including phenoxy) is 8. The highest BCUT2D eigenvalue weighted by Crippen LogP contribution is 1.94. The number of hydrogen-bond donors (Lipinski definition) is 0. The SMILES string of the molecule is CCCCCOCCOCCOCCOCCOCCOCCOCCOCCCCC. The van der Waals surface area contributed by atoms with Gasteiger partial charge in [-0.15, -0.1) is 0 Å². The van der Waals surface area contributed by atoms with Gasteiger partial charge in [-0.05, 0) is 12.8 Å². The van der Waals surface area contributed by atoms with Gasteiger partial charge in [0.25, 0.3) is 0 Å². The fraction of sp³-hybridized carbons (Fsp3) is 1.00. The zero-order chi connectivity index (χ0) is 23.2. The maximum Gasteiger partial charge on any atom is 0.0701 e. The van der Waals surface area contributed by atoms with E-state index in [1.54, 1.807) is 0 Å². The first-order chi connectivity index (χ1) is 15.9. The number of unbranched alkanes of at least 4 members (excludes halogenated alkanes) is 4. The molecule has 0 bridgehead atoms. The molecule has 0 radical (unpaired) electrons. The summed E-state index contributed by atoms with van der Waals surface area (Å²) in [5.41, 5.74) is 0. The third kappa shape index (κ3) is 29.7. The van der Waals surface area contributed by atoms with Crippen LogP contribution in [0.4, 0.5) is 0 Å². The summed E-state index contributed by atoms with van der Waals surface area (Å²) in [6.07, 6.45) is 7.14. The fourth-order valence-corrected chi connectivity index (χ4v) is 2.55. The fourth-order valence-electron chi connectivity index (χ4n) is 2.55. The lowest BCUT2D eigenvalue weighted by Gasteiger charge is -2.08. The lowest BCUT2D eigenvalue weighted by molar-refractivity contribution is -0.0232. The van der Waals surface area contributed by atoms with Crippen molar-refractivity contribution >= 4 is 0 Å². The molecule has 0 atom stereocenters. The Hall–Kier alpha value is -0.320. The molecule has 0 heterocycles. The Morgan fingerprint density at radius 2 is 0.438 bits per heavy atom. The van der Waals surface area contributed by atoms with E-state index in [-0.39, 0.29) is 0 Å². The average Bonchev–Trinajstić information content (AvgIpc) is 2.81. The minimum absolute atomic E-state index is 0.552. The van der Waals surface area contributed by atoms with Crippen molar-refractivity contribution in [1.82, 2.24) is 0 Å². The Morgan fingerprint density at radius 3 is 0.625 bits per heavy atom. The van der Waals surface area contributed by atoms with E-state index < -0.39 is 0 Å². The van der Waals surface area contributed by atoms with Gasteiger partial charge in [0.1, 0.15) is 0 Å². The van der Waals surface area contributed by atoms with Crippen LogP contribution in [-0.4, -0.2) is 106 Å². The van der Waals surface area contributed by atoms with E-state index >= 15 is 0 Å². The van der Waals surface area contributed by atoms with Gasteiger partial charge in [0.15, 0.2) is 0 Å². The van der Waals surface area contributed by atoms with Crippen molar-refractivity contribution in [2.24, 2.45) is 0 Å². The second-order valence-electron chi connectivity index (χ2n) is 7.31. The molecule has 0 aromatic heterocycles. The van der Waals surface area contributed by atoms with E-state index in [0.29, 0.717) is 92.5 Å². The summed E-state index contributed by atoms with van der Waals surface area (Å²) in [6, 6.07) is 0. The molecule has 0 aromatic carbocycles. The minimum atomic E-state index is 0.552. The Morgan fingerprint density at radius 1 is 0.250 bits per heavy atom. The minimum Gasteiger partial charge on any atom is -0.379 e. The van der Waals surface area contributed by atoms with Crippen LogP contribution in [0.2, 0.25) is 0 Å². The summed E-state index contributed by atoms with van der Waals surface area (Å²) in [7, 11) is 0. The van der Waals surface area contributed by atoms with Gasteiger partial charge in [0.2, 0.25) is 0 Å². The third-order valence-corrected chi connectivity index (χ3v) is 4.39. The molecular weight excluding hydrogens is 416 g/mol. The van der Waals surface area contributed by atoms with E-state index in [1.165, 1.54) is 25.7 Å². The second-order valence-corrected chi connectivity index (χ2v) is 7.31. The van der Waals surface area contributed by atoms with Crippen LogP contribution >= 0.6 is 0 Å². The molecule has 0 fully saturated rings. The van der Waals surface area contributed by atoms with Gasteiger partial charge in [-0.25, -0.2) is 0 Å². The summed E-state index contributed by atoms with van der Waals surface area (Å²) in [4.78, 5) is 0. The Kier molecular flexibility index (Phi) is 30.4. The molecule has 0 saturated carbocycles. The first-order valence-electron chi connectivity index (χ1n) is 12.5. The van der Waals surface area contributed by atoms with Crippen LogP contribution in [0, 0.1) is 0 Å². The van der Waals surface area contributed by atoms with Gasteiger partial charge in [-0.3, -0.25) is 0 Å². The molecule has 8 heteroatoms. The van der Waals surface area contributed by atoms with Crippen molar-refractivity contribution in [2.45, 2.75) is 52.4 Å². The standard InChI is InChI=1S/C24H50O8/c1-3-5-7-9-25-11-13-27-15-17-29-19-21-31-23-24-32-22-20-30-18-16-28-14-12-26-10-8-6-4-2/h3-24H2,1-2H3. The molecule has 0 aliphatic rings. The highest BCUT2D eigenvalue weighted by molar-refractivity contribution is 4.39. The van der Waals surface area contributed by atoms with E-state index in [0.717, 1.165) is 26.1 Å². The smallest absolute Gasteiger partial charge is 0.0701 e. The maximum atomic E-state index is 5.47.